The molecule has 2 nitrogen and oxygen atoms in total. The molecule has 1 aromatic rings. The molecule has 0 aliphatic carbocycles. The maximum atomic E-state index is 5.56. The second-order valence-electron chi connectivity index (χ2n) is 3.96. The molecule has 0 fully saturated rings. The van der Waals surface area contributed by atoms with Crippen LogP contribution in [0, 0.1) is 0 Å². The van der Waals surface area contributed by atoms with E-state index in [1.807, 2.05) is 31.2 Å². The third kappa shape index (κ3) is 4.99. The summed E-state index contributed by atoms with van der Waals surface area (Å²) in [5, 5.41) is 0. The molecule has 1 rings (SSSR count). The minimum absolute atomic E-state index is 0.667. The van der Waals surface area contributed by atoms with Crippen molar-refractivity contribution < 1.29 is 9.47 Å². The summed E-state index contributed by atoms with van der Waals surface area (Å²) in [6.07, 6.45) is 2.09. The molecule has 0 heterocycles. The van der Waals surface area contributed by atoms with E-state index in [9.17, 15) is 0 Å². The van der Waals surface area contributed by atoms with Gasteiger partial charge in [0.1, 0.15) is 5.75 Å². The van der Waals surface area contributed by atoms with Gasteiger partial charge in [0, 0.05) is 6.61 Å². The van der Waals surface area contributed by atoms with Gasteiger partial charge >= 0.3 is 0 Å². The molecule has 1 aromatic carbocycles. The summed E-state index contributed by atoms with van der Waals surface area (Å²) in [6.45, 7) is 7.36. The second kappa shape index (κ2) is 7.07. The Hall–Kier alpha value is -1.28. The Labute approximate surface area is 97.9 Å². The molecular formula is C14H20O2. The number of allylic oxidation sites excluding steroid dienone is 1. The van der Waals surface area contributed by atoms with Gasteiger partial charge in [0.25, 0.3) is 0 Å². The average Bonchev–Trinajstić information content (AvgIpc) is 2.29. The first kappa shape index (κ1) is 12.8. The Morgan fingerprint density at radius 3 is 2.50 bits per heavy atom. The highest BCUT2D eigenvalue weighted by Crippen LogP contribution is 2.12. The fourth-order valence-corrected chi connectivity index (χ4v) is 1.39. The molecule has 88 valence electrons. The van der Waals surface area contributed by atoms with Gasteiger partial charge in [-0.25, -0.2) is 0 Å². The lowest BCUT2D eigenvalue weighted by Crippen LogP contribution is -1.95. The zero-order valence-electron chi connectivity index (χ0n) is 10.2. The van der Waals surface area contributed by atoms with Crippen molar-refractivity contribution >= 4 is 0 Å². The lowest BCUT2D eigenvalue weighted by atomic mass is 10.2. The van der Waals surface area contributed by atoms with E-state index in [0.29, 0.717) is 6.61 Å². The van der Waals surface area contributed by atoms with Crippen molar-refractivity contribution in [2.24, 2.45) is 0 Å². The molecule has 0 saturated heterocycles. The Kier molecular flexibility index (Phi) is 5.65. The topological polar surface area (TPSA) is 18.5 Å². The average molecular weight is 220 g/mol. The van der Waals surface area contributed by atoms with Crippen LogP contribution in [-0.4, -0.2) is 13.7 Å². The highest BCUT2D eigenvalue weighted by molar-refractivity contribution is 5.26. The van der Waals surface area contributed by atoms with Crippen molar-refractivity contribution in [1.29, 1.82) is 0 Å². The summed E-state index contributed by atoms with van der Waals surface area (Å²) < 4.78 is 10.6. The zero-order valence-corrected chi connectivity index (χ0v) is 10.2. The molecule has 0 N–H and O–H groups in total. The van der Waals surface area contributed by atoms with Crippen molar-refractivity contribution in [3.05, 3.63) is 42.0 Å². The molecule has 0 saturated carbocycles. The molecule has 2 heteroatoms. The molecule has 0 aliphatic heterocycles. The monoisotopic (exact) mass is 220 g/mol. The third-order valence-corrected chi connectivity index (χ3v) is 2.32. The molecule has 0 radical (unpaired) electrons. The summed E-state index contributed by atoms with van der Waals surface area (Å²) in [5.74, 6) is 0.881. The summed E-state index contributed by atoms with van der Waals surface area (Å²) in [5.41, 5.74) is 2.39. The first-order valence-electron chi connectivity index (χ1n) is 5.57. The Morgan fingerprint density at radius 2 is 1.94 bits per heavy atom. The SMILES string of the molecule is C=C(C)CCCOCc1ccc(OC)cc1. The van der Waals surface area contributed by atoms with Crippen LogP contribution in [0.1, 0.15) is 25.3 Å². The fraction of sp³-hybridized carbons (Fsp3) is 0.429. The van der Waals surface area contributed by atoms with Gasteiger partial charge in [0.05, 0.1) is 13.7 Å². The van der Waals surface area contributed by atoms with Crippen LogP contribution in [0.15, 0.2) is 36.4 Å². The standard InChI is InChI=1S/C14H20O2/c1-12(2)5-4-10-16-11-13-6-8-14(15-3)9-7-13/h6-9H,1,4-5,10-11H2,2-3H3. The minimum atomic E-state index is 0.667. The Balaban J connectivity index is 2.19. The predicted octanol–water partition coefficient (Wildman–Crippen LogP) is 3.57. The fourth-order valence-electron chi connectivity index (χ4n) is 1.39. The first-order valence-corrected chi connectivity index (χ1v) is 5.57. The van der Waals surface area contributed by atoms with Gasteiger partial charge < -0.3 is 9.47 Å². The first-order chi connectivity index (χ1) is 7.72. The highest BCUT2D eigenvalue weighted by Gasteiger charge is 1.95. The minimum Gasteiger partial charge on any atom is -0.497 e. The van der Waals surface area contributed by atoms with E-state index in [1.165, 1.54) is 11.1 Å². The lowest BCUT2D eigenvalue weighted by molar-refractivity contribution is 0.118. The van der Waals surface area contributed by atoms with Crippen LogP contribution in [0.25, 0.3) is 0 Å². The molecule has 0 amide bonds. The maximum Gasteiger partial charge on any atom is 0.118 e. The Bertz CT molecular complexity index is 314. The molecule has 0 atom stereocenters. The van der Waals surface area contributed by atoms with Gasteiger partial charge in [0.2, 0.25) is 0 Å². The van der Waals surface area contributed by atoms with Crippen LogP contribution in [-0.2, 0) is 11.3 Å². The van der Waals surface area contributed by atoms with E-state index >= 15 is 0 Å². The number of benzene rings is 1. The van der Waals surface area contributed by atoms with E-state index in [1.54, 1.807) is 7.11 Å². The number of methoxy groups -OCH3 is 1. The van der Waals surface area contributed by atoms with E-state index in [2.05, 4.69) is 6.58 Å². The van der Waals surface area contributed by atoms with E-state index in [-0.39, 0.29) is 0 Å². The molecule has 0 bridgehead atoms. The predicted molar refractivity (Wildman–Crippen MR) is 66.7 cm³/mol. The van der Waals surface area contributed by atoms with Crippen LogP contribution in [0.3, 0.4) is 0 Å². The second-order valence-corrected chi connectivity index (χ2v) is 3.96. The van der Waals surface area contributed by atoms with Crippen LogP contribution in [0.4, 0.5) is 0 Å². The van der Waals surface area contributed by atoms with Crippen LogP contribution in [0.5, 0.6) is 5.75 Å². The van der Waals surface area contributed by atoms with Gasteiger partial charge in [-0.2, -0.15) is 0 Å². The highest BCUT2D eigenvalue weighted by atomic mass is 16.5. The summed E-state index contributed by atoms with van der Waals surface area (Å²) in [4.78, 5) is 0. The zero-order chi connectivity index (χ0) is 11.8. The van der Waals surface area contributed by atoms with Crippen LogP contribution in [0.2, 0.25) is 0 Å². The van der Waals surface area contributed by atoms with Gasteiger partial charge in [-0.05, 0) is 37.5 Å². The van der Waals surface area contributed by atoms with E-state index in [0.717, 1.165) is 25.2 Å². The smallest absolute Gasteiger partial charge is 0.118 e. The van der Waals surface area contributed by atoms with Crippen molar-refractivity contribution in [2.75, 3.05) is 13.7 Å². The van der Waals surface area contributed by atoms with E-state index < -0.39 is 0 Å². The molecule has 0 spiro atoms. The van der Waals surface area contributed by atoms with Crippen molar-refractivity contribution in [3.8, 4) is 5.75 Å². The molecule has 0 unspecified atom stereocenters. The summed E-state index contributed by atoms with van der Waals surface area (Å²) in [6, 6.07) is 7.95. The summed E-state index contributed by atoms with van der Waals surface area (Å²) >= 11 is 0. The lowest BCUT2D eigenvalue weighted by Gasteiger charge is -2.05. The van der Waals surface area contributed by atoms with Crippen molar-refractivity contribution in [3.63, 3.8) is 0 Å². The van der Waals surface area contributed by atoms with Crippen LogP contribution < -0.4 is 4.74 Å². The normalized spacial score (nSPS) is 10.1. The summed E-state index contributed by atoms with van der Waals surface area (Å²) in [7, 11) is 1.67. The van der Waals surface area contributed by atoms with E-state index in [4.69, 9.17) is 9.47 Å². The maximum absolute atomic E-state index is 5.56. The molecule has 0 aromatic heterocycles. The third-order valence-electron chi connectivity index (χ3n) is 2.32. The quantitative estimate of drug-likeness (QED) is 0.516. The molecule has 16 heavy (non-hydrogen) atoms. The Morgan fingerprint density at radius 1 is 1.25 bits per heavy atom. The number of hydrogen-bond donors (Lipinski definition) is 0. The van der Waals surface area contributed by atoms with Gasteiger partial charge in [-0.15, -0.1) is 6.58 Å². The number of hydrogen-bond acceptors (Lipinski definition) is 2. The van der Waals surface area contributed by atoms with Crippen molar-refractivity contribution in [2.45, 2.75) is 26.4 Å². The van der Waals surface area contributed by atoms with Gasteiger partial charge in [0.15, 0.2) is 0 Å². The molecule has 0 aliphatic rings. The number of rotatable bonds is 7. The number of ether oxygens (including phenoxy) is 2. The van der Waals surface area contributed by atoms with Gasteiger partial charge in [-0.3, -0.25) is 0 Å². The van der Waals surface area contributed by atoms with Crippen LogP contribution >= 0.6 is 0 Å². The van der Waals surface area contributed by atoms with Crippen molar-refractivity contribution in [1.82, 2.24) is 0 Å². The largest absolute Gasteiger partial charge is 0.497 e. The van der Waals surface area contributed by atoms with Gasteiger partial charge in [-0.1, -0.05) is 17.7 Å². The molecular weight excluding hydrogens is 200 g/mol.